The molecule has 0 atom stereocenters. The molecule has 0 radical (unpaired) electrons. The number of ether oxygens (including phenoxy) is 1. The summed E-state index contributed by atoms with van der Waals surface area (Å²) in [7, 11) is -3.50. The van der Waals surface area contributed by atoms with Crippen LogP contribution in [0.4, 0.5) is 5.69 Å². The van der Waals surface area contributed by atoms with Gasteiger partial charge in [0, 0.05) is 31.9 Å². The third-order valence-corrected chi connectivity index (χ3v) is 4.78. The number of rotatable bonds is 9. The third-order valence-electron chi connectivity index (χ3n) is 3.59. The molecule has 8 heteroatoms. The third kappa shape index (κ3) is 6.03. The van der Waals surface area contributed by atoms with Gasteiger partial charge in [-0.25, -0.2) is 8.42 Å². The lowest BCUT2D eigenvalue weighted by molar-refractivity contribution is -0.121. The zero-order chi connectivity index (χ0) is 19.0. The molecule has 2 aromatic rings. The van der Waals surface area contributed by atoms with Gasteiger partial charge in [0.25, 0.3) is 0 Å². The molecular formula is C18H23N3O4S. The maximum Gasteiger partial charge on any atom is 0.232 e. The topological polar surface area (TPSA) is 88.6 Å². The normalized spacial score (nSPS) is 11.0. The van der Waals surface area contributed by atoms with Crippen LogP contribution < -0.4 is 14.4 Å². The summed E-state index contributed by atoms with van der Waals surface area (Å²) in [5.74, 6) is 0.437. The summed E-state index contributed by atoms with van der Waals surface area (Å²) >= 11 is 0. The highest BCUT2D eigenvalue weighted by Gasteiger charge is 2.18. The van der Waals surface area contributed by atoms with Crippen molar-refractivity contribution >= 4 is 21.6 Å². The van der Waals surface area contributed by atoms with Crippen molar-refractivity contribution in [2.24, 2.45) is 0 Å². The Kier molecular flexibility index (Phi) is 6.97. The van der Waals surface area contributed by atoms with Gasteiger partial charge >= 0.3 is 0 Å². The lowest BCUT2D eigenvalue weighted by Gasteiger charge is -2.22. The molecule has 1 aromatic heterocycles. The van der Waals surface area contributed by atoms with Crippen molar-refractivity contribution in [3.05, 3.63) is 54.4 Å². The molecule has 26 heavy (non-hydrogen) atoms. The number of benzene rings is 1. The number of aromatic nitrogens is 1. The van der Waals surface area contributed by atoms with Gasteiger partial charge in [-0.1, -0.05) is 6.07 Å². The fourth-order valence-electron chi connectivity index (χ4n) is 2.36. The van der Waals surface area contributed by atoms with Crippen molar-refractivity contribution in [2.45, 2.75) is 19.9 Å². The highest BCUT2D eigenvalue weighted by Crippen LogP contribution is 2.21. The number of nitrogens with one attached hydrogen (secondary N) is 1. The predicted octanol–water partition coefficient (Wildman–Crippen LogP) is 1.95. The first kappa shape index (κ1) is 19.7. The molecule has 0 aliphatic heterocycles. The van der Waals surface area contributed by atoms with E-state index in [9.17, 15) is 13.2 Å². The van der Waals surface area contributed by atoms with Gasteiger partial charge in [0.2, 0.25) is 15.9 Å². The lowest BCUT2D eigenvalue weighted by Crippen LogP contribution is -2.34. The number of pyridine rings is 1. The summed E-state index contributed by atoms with van der Waals surface area (Å²) in [6.45, 7) is 2.83. The number of hydrogen-bond acceptors (Lipinski definition) is 5. The smallest absolute Gasteiger partial charge is 0.232 e. The summed E-state index contributed by atoms with van der Waals surface area (Å²) in [6, 6.07) is 10.4. The first-order valence-electron chi connectivity index (χ1n) is 8.26. The first-order valence-corrected chi connectivity index (χ1v) is 10.1. The summed E-state index contributed by atoms with van der Waals surface area (Å²) < 4.78 is 30.8. The molecule has 1 amide bonds. The Hall–Kier alpha value is -2.61. The zero-order valence-electron chi connectivity index (χ0n) is 14.9. The Bertz CT molecular complexity index is 808. The van der Waals surface area contributed by atoms with Crippen LogP contribution in [0.15, 0.2) is 48.8 Å². The summed E-state index contributed by atoms with van der Waals surface area (Å²) in [4.78, 5) is 16.0. The summed E-state index contributed by atoms with van der Waals surface area (Å²) in [5.41, 5.74) is 1.38. The average molecular weight is 377 g/mol. The molecule has 1 heterocycles. The van der Waals surface area contributed by atoms with Gasteiger partial charge in [-0.05, 0) is 42.8 Å². The number of carbonyl (C=O) groups is 1. The second kappa shape index (κ2) is 9.19. The molecule has 0 unspecified atom stereocenters. The van der Waals surface area contributed by atoms with E-state index in [-0.39, 0.29) is 18.9 Å². The number of hydrogen-bond donors (Lipinski definition) is 1. The molecule has 0 aliphatic carbocycles. The van der Waals surface area contributed by atoms with E-state index in [0.29, 0.717) is 24.6 Å². The molecular weight excluding hydrogens is 354 g/mol. The van der Waals surface area contributed by atoms with E-state index < -0.39 is 10.0 Å². The highest BCUT2D eigenvalue weighted by molar-refractivity contribution is 7.92. The SMILES string of the molecule is CCOc1ccc(N(CCC(=O)NCc2cccnc2)S(C)(=O)=O)cc1. The molecule has 7 nitrogen and oxygen atoms in total. The molecule has 2 rings (SSSR count). The molecule has 0 aliphatic rings. The van der Waals surface area contributed by atoms with Gasteiger partial charge < -0.3 is 10.1 Å². The van der Waals surface area contributed by atoms with Crippen LogP contribution in [-0.4, -0.2) is 38.7 Å². The van der Waals surface area contributed by atoms with Gasteiger partial charge in [-0.3, -0.25) is 14.1 Å². The van der Waals surface area contributed by atoms with E-state index in [1.807, 2.05) is 13.0 Å². The average Bonchev–Trinajstić information content (AvgIpc) is 2.61. The molecule has 0 fully saturated rings. The van der Waals surface area contributed by atoms with E-state index in [1.165, 1.54) is 4.31 Å². The zero-order valence-corrected chi connectivity index (χ0v) is 15.7. The number of nitrogens with zero attached hydrogens (tertiary/aromatic N) is 2. The Morgan fingerprint density at radius 1 is 1.23 bits per heavy atom. The fourth-order valence-corrected chi connectivity index (χ4v) is 3.28. The minimum absolute atomic E-state index is 0.0561. The number of anilines is 1. The van der Waals surface area contributed by atoms with Crippen molar-refractivity contribution in [2.75, 3.05) is 23.7 Å². The van der Waals surface area contributed by atoms with Crippen LogP contribution >= 0.6 is 0 Å². The Balaban J connectivity index is 1.96. The number of sulfonamides is 1. The molecule has 140 valence electrons. The van der Waals surface area contributed by atoms with Crippen LogP contribution in [0.25, 0.3) is 0 Å². The predicted molar refractivity (Wildman–Crippen MR) is 101 cm³/mol. The van der Waals surface area contributed by atoms with Gasteiger partial charge in [-0.15, -0.1) is 0 Å². The van der Waals surface area contributed by atoms with Crippen molar-refractivity contribution in [1.82, 2.24) is 10.3 Å². The maximum atomic E-state index is 12.1. The molecule has 0 saturated heterocycles. The molecule has 0 bridgehead atoms. The van der Waals surface area contributed by atoms with Crippen molar-refractivity contribution in [3.63, 3.8) is 0 Å². The van der Waals surface area contributed by atoms with Gasteiger partial charge in [0.1, 0.15) is 5.75 Å². The minimum atomic E-state index is -3.50. The van der Waals surface area contributed by atoms with Crippen LogP contribution in [0.3, 0.4) is 0 Å². The van der Waals surface area contributed by atoms with Crippen LogP contribution in [-0.2, 0) is 21.4 Å². The first-order chi connectivity index (χ1) is 12.4. The summed E-state index contributed by atoms with van der Waals surface area (Å²) in [5, 5.41) is 2.76. The van der Waals surface area contributed by atoms with Crippen molar-refractivity contribution in [3.8, 4) is 5.75 Å². The second-order valence-electron chi connectivity index (χ2n) is 5.65. The second-order valence-corrected chi connectivity index (χ2v) is 7.56. The van der Waals surface area contributed by atoms with Crippen molar-refractivity contribution in [1.29, 1.82) is 0 Å². The standard InChI is InChI=1S/C18H23N3O4S/c1-3-25-17-8-6-16(7-9-17)21(26(2,23)24)12-10-18(22)20-14-15-5-4-11-19-13-15/h4-9,11,13H,3,10,12,14H2,1-2H3,(H,20,22). The van der Waals surface area contributed by atoms with Gasteiger partial charge in [0.15, 0.2) is 0 Å². The highest BCUT2D eigenvalue weighted by atomic mass is 32.2. The van der Waals surface area contributed by atoms with E-state index in [2.05, 4.69) is 10.3 Å². The molecule has 0 saturated carbocycles. The number of amides is 1. The van der Waals surface area contributed by atoms with E-state index in [4.69, 9.17) is 4.74 Å². The molecule has 0 spiro atoms. The minimum Gasteiger partial charge on any atom is -0.494 e. The molecule has 1 aromatic carbocycles. The van der Waals surface area contributed by atoms with Crippen LogP contribution in [0, 0.1) is 0 Å². The van der Waals surface area contributed by atoms with Crippen LogP contribution in [0.2, 0.25) is 0 Å². The lowest BCUT2D eigenvalue weighted by atomic mass is 10.2. The molecule has 1 N–H and O–H groups in total. The van der Waals surface area contributed by atoms with Gasteiger partial charge in [0.05, 0.1) is 18.6 Å². The number of carbonyl (C=O) groups excluding carboxylic acids is 1. The van der Waals surface area contributed by atoms with Gasteiger partial charge in [-0.2, -0.15) is 0 Å². The Morgan fingerprint density at radius 3 is 2.54 bits per heavy atom. The Labute approximate surface area is 154 Å². The summed E-state index contributed by atoms with van der Waals surface area (Å²) in [6.07, 6.45) is 4.51. The van der Waals surface area contributed by atoms with E-state index >= 15 is 0 Å². The van der Waals surface area contributed by atoms with Crippen LogP contribution in [0.1, 0.15) is 18.9 Å². The maximum absolute atomic E-state index is 12.1. The van der Waals surface area contributed by atoms with Crippen molar-refractivity contribution < 1.29 is 17.9 Å². The van der Waals surface area contributed by atoms with E-state index in [0.717, 1.165) is 11.8 Å². The Morgan fingerprint density at radius 2 is 1.96 bits per heavy atom. The quantitative estimate of drug-likeness (QED) is 0.722. The van der Waals surface area contributed by atoms with E-state index in [1.54, 1.807) is 42.7 Å². The van der Waals surface area contributed by atoms with Crippen LogP contribution in [0.5, 0.6) is 5.75 Å². The monoisotopic (exact) mass is 377 g/mol. The fraction of sp³-hybridized carbons (Fsp3) is 0.333. The largest absolute Gasteiger partial charge is 0.494 e.